The maximum absolute atomic E-state index is 13.7. The van der Waals surface area contributed by atoms with Crippen molar-refractivity contribution in [2.24, 2.45) is 29.4 Å². The number of aromatic hydroxyl groups is 1. The molecule has 4 unspecified atom stereocenters. The first-order chi connectivity index (χ1) is 15.2. The number of fused-ring (bicyclic) bond motifs is 3. The minimum Gasteiger partial charge on any atom is -0.507 e. The predicted molar refractivity (Wildman–Crippen MR) is 116 cm³/mol. The van der Waals surface area contributed by atoms with Crippen LogP contribution < -0.4 is 5.73 Å². The first kappa shape index (κ1) is 25.9. The summed E-state index contributed by atoms with van der Waals surface area (Å²) < 4.78 is 0. The lowest BCUT2D eigenvalue weighted by Gasteiger charge is -2.57. The van der Waals surface area contributed by atoms with Crippen molar-refractivity contribution in [3.05, 3.63) is 29.3 Å². The van der Waals surface area contributed by atoms with Crippen molar-refractivity contribution in [1.82, 2.24) is 4.90 Å². The molecule has 0 heterocycles. The number of amides is 1. The average Bonchev–Trinajstić information content (AvgIpc) is 2.70. The fourth-order valence-electron chi connectivity index (χ4n) is 5.97. The quantitative estimate of drug-likeness (QED) is 0.283. The zero-order valence-electron chi connectivity index (χ0n) is 18.5. The van der Waals surface area contributed by atoms with Gasteiger partial charge in [0.2, 0.25) is 5.91 Å². The lowest BCUT2D eigenvalue weighted by atomic mass is 9.48. The van der Waals surface area contributed by atoms with Crippen LogP contribution in [-0.4, -0.2) is 86.2 Å². The van der Waals surface area contributed by atoms with Crippen molar-refractivity contribution in [1.29, 1.82) is 0 Å². The highest BCUT2D eigenvalue weighted by atomic mass is 35.5. The molecule has 1 amide bonds. The van der Waals surface area contributed by atoms with Crippen LogP contribution in [-0.2, 0) is 24.8 Å². The fourth-order valence-corrected chi connectivity index (χ4v) is 5.97. The summed E-state index contributed by atoms with van der Waals surface area (Å²) in [6, 6.07) is 2.40. The molecule has 4 rings (SSSR count). The Bertz CT molecular complexity index is 1130. The van der Waals surface area contributed by atoms with Gasteiger partial charge in [-0.2, -0.15) is 0 Å². The number of hydrogen-bond acceptors (Lipinski definition) is 10. The minimum atomic E-state index is -3.10. The third-order valence-corrected chi connectivity index (χ3v) is 7.40. The highest BCUT2D eigenvalue weighted by molar-refractivity contribution is 6.32. The van der Waals surface area contributed by atoms with E-state index in [0.717, 1.165) is 0 Å². The third-order valence-electron chi connectivity index (χ3n) is 7.40. The van der Waals surface area contributed by atoms with Gasteiger partial charge in [0.15, 0.2) is 34.7 Å². The summed E-state index contributed by atoms with van der Waals surface area (Å²) in [7, 11) is 2.77. The van der Waals surface area contributed by atoms with Gasteiger partial charge in [-0.15, -0.1) is 12.4 Å². The van der Waals surface area contributed by atoms with E-state index in [1.807, 2.05) is 0 Å². The number of halogens is 1. The minimum absolute atomic E-state index is 0. The molecule has 34 heavy (non-hydrogen) atoms. The third kappa shape index (κ3) is 2.94. The summed E-state index contributed by atoms with van der Waals surface area (Å²) in [6.07, 6.45) is -1.90. The molecule has 6 N–H and O–H groups in total. The molecular weight excluding hydrogens is 472 g/mol. The SMILES string of the molecule is CN(C)[C@@H]1C(=O)C(C(N)=O)C(=O)[C@@]2(O)C(=O)[C@H]3C(=O)c4c(O)cccc4[C@@](C)(O)C3C(O)C12.Cl. The Balaban J connectivity index is 0.00000324. The standard InChI is InChI=1S/C22H24N2O9.ClH/c1-21(32)7-5-4-6-8(25)9(7)15(26)10-12(21)17(28)13-14(24(2)3)16(27)11(20(23)31)19(30)22(13,33)18(10)29;/h4-6,10-14,17,25,28,32-33H,1-3H3,(H2,23,31);1H/t10-,11?,12?,13?,14+,17?,21-,22+;/m1./s1. The number of Topliss-reactive ketones (excluding diaryl/α,β-unsaturated/α-hetero) is 4. The van der Waals surface area contributed by atoms with E-state index >= 15 is 0 Å². The molecular formula is C22H25ClN2O9. The molecule has 0 spiro atoms. The lowest BCUT2D eigenvalue weighted by molar-refractivity contribution is -0.210. The Morgan fingerprint density at radius 1 is 1.06 bits per heavy atom. The van der Waals surface area contributed by atoms with Crippen LogP contribution in [0.15, 0.2) is 18.2 Å². The van der Waals surface area contributed by atoms with Crippen LogP contribution in [0.3, 0.4) is 0 Å². The van der Waals surface area contributed by atoms with Gasteiger partial charge >= 0.3 is 0 Å². The number of aliphatic hydroxyl groups excluding tert-OH is 1. The van der Waals surface area contributed by atoms with Gasteiger partial charge in [-0.1, -0.05) is 12.1 Å². The number of benzene rings is 1. The first-order valence-corrected chi connectivity index (χ1v) is 10.3. The van der Waals surface area contributed by atoms with Crippen molar-refractivity contribution in [3.63, 3.8) is 0 Å². The van der Waals surface area contributed by atoms with E-state index in [1.165, 1.54) is 44.1 Å². The molecule has 0 aromatic heterocycles. The van der Waals surface area contributed by atoms with E-state index < -0.39 is 81.8 Å². The second kappa shape index (κ2) is 7.92. The molecule has 2 saturated carbocycles. The molecule has 8 atom stereocenters. The second-order valence-electron chi connectivity index (χ2n) is 9.37. The van der Waals surface area contributed by atoms with Crippen LogP contribution in [0.25, 0.3) is 0 Å². The van der Waals surface area contributed by atoms with Crippen LogP contribution in [0.2, 0.25) is 0 Å². The van der Waals surface area contributed by atoms with E-state index in [1.54, 1.807) is 0 Å². The highest BCUT2D eigenvalue weighted by Crippen LogP contribution is 2.55. The number of phenolic OH excluding ortho intramolecular Hbond substituents is 1. The number of primary amides is 1. The lowest BCUT2D eigenvalue weighted by Crippen LogP contribution is -2.78. The van der Waals surface area contributed by atoms with Gasteiger partial charge < -0.3 is 26.2 Å². The van der Waals surface area contributed by atoms with Gasteiger partial charge in [0.05, 0.1) is 35.1 Å². The van der Waals surface area contributed by atoms with Gasteiger partial charge in [-0.25, -0.2) is 0 Å². The monoisotopic (exact) mass is 496 g/mol. The molecule has 184 valence electrons. The average molecular weight is 497 g/mol. The summed E-state index contributed by atoms with van der Waals surface area (Å²) in [5.41, 5.74) is -0.350. The summed E-state index contributed by atoms with van der Waals surface area (Å²) in [4.78, 5) is 66.4. The largest absolute Gasteiger partial charge is 0.507 e. The molecule has 0 bridgehead atoms. The second-order valence-corrected chi connectivity index (χ2v) is 9.37. The van der Waals surface area contributed by atoms with Crippen molar-refractivity contribution in [3.8, 4) is 5.75 Å². The normalized spacial score (nSPS) is 39.1. The molecule has 3 aliphatic rings. The number of nitrogens with zero attached hydrogens (tertiary/aromatic N) is 1. The van der Waals surface area contributed by atoms with E-state index in [0.29, 0.717) is 0 Å². The molecule has 1 aromatic carbocycles. The van der Waals surface area contributed by atoms with Crippen LogP contribution in [0.1, 0.15) is 22.8 Å². The van der Waals surface area contributed by atoms with Gasteiger partial charge in [-0.05, 0) is 32.6 Å². The Morgan fingerprint density at radius 2 is 1.65 bits per heavy atom. The molecule has 3 aliphatic carbocycles. The van der Waals surface area contributed by atoms with Gasteiger partial charge in [0, 0.05) is 5.92 Å². The Hall–Kier alpha value is -2.70. The van der Waals surface area contributed by atoms with E-state index in [9.17, 15) is 44.4 Å². The Labute approximate surface area is 199 Å². The molecule has 0 radical (unpaired) electrons. The van der Waals surface area contributed by atoms with Crippen molar-refractivity contribution < 1.29 is 44.4 Å². The van der Waals surface area contributed by atoms with Gasteiger partial charge in [0.25, 0.3) is 0 Å². The van der Waals surface area contributed by atoms with Crippen molar-refractivity contribution >= 4 is 41.4 Å². The number of rotatable bonds is 2. The van der Waals surface area contributed by atoms with E-state index in [4.69, 9.17) is 5.73 Å². The van der Waals surface area contributed by atoms with E-state index in [2.05, 4.69) is 0 Å². The Kier molecular flexibility index (Phi) is 6.04. The number of likely N-dealkylation sites (N-methyl/N-ethyl adjacent to an activating group) is 1. The van der Waals surface area contributed by atoms with Crippen molar-refractivity contribution in [2.45, 2.75) is 30.3 Å². The highest BCUT2D eigenvalue weighted by Gasteiger charge is 2.74. The summed E-state index contributed by atoms with van der Waals surface area (Å²) in [6.45, 7) is 1.24. The maximum Gasteiger partial charge on any atom is 0.235 e. The zero-order chi connectivity index (χ0) is 24.8. The van der Waals surface area contributed by atoms with Gasteiger partial charge in [-0.3, -0.25) is 28.9 Å². The summed E-state index contributed by atoms with van der Waals surface area (Å²) in [5, 5.41) is 44.5. The maximum atomic E-state index is 13.7. The molecule has 2 fully saturated rings. The number of carbonyl (C=O) groups excluding carboxylic acids is 5. The predicted octanol–water partition coefficient (Wildman–Crippen LogP) is -2.08. The van der Waals surface area contributed by atoms with Crippen molar-refractivity contribution in [2.75, 3.05) is 14.1 Å². The number of carbonyl (C=O) groups is 5. The molecule has 12 heteroatoms. The number of phenols is 1. The zero-order valence-corrected chi connectivity index (χ0v) is 19.3. The molecule has 0 saturated heterocycles. The molecule has 1 aromatic rings. The topological polar surface area (TPSA) is 196 Å². The fraction of sp³-hybridized carbons (Fsp3) is 0.500. The number of aliphatic hydroxyl groups is 3. The van der Waals surface area contributed by atoms with Crippen LogP contribution in [0.4, 0.5) is 0 Å². The molecule has 0 aliphatic heterocycles. The van der Waals surface area contributed by atoms with E-state index in [-0.39, 0.29) is 23.5 Å². The molecule has 11 nitrogen and oxygen atoms in total. The first-order valence-electron chi connectivity index (χ1n) is 10.3. The summed E-state index contributed by atoms with van der Waals surface area (Å²) >= 11 is 0. The number of nitrogens with two attached hydrogens (primary N) is 1. The smallest absolute Gasteiger partial charge is 0.235 e. The number of hydrogen-bond donors (Lipinski definition) is 5. The Morgan fingerprint density at radius 3 is 2.18 bits per heavy atom. The number of ketones is 4. The van der Waals surface area contributed by atoms with Crippen LogP contribution >= 0.6 is 12.4 Å². The van der Waals surface area contributed by atoms with Gasteiger partial charge in [0.1, 0.15) is 5.75 Å². The summed E-state index contributed by atoms with van der Waals surface area (Å²) in [5.74, 6) is -14.2. The van der Waals surface area contributed by atoms with Crippen LogP contribution in [0.5, 0.6) is 5.75 Å². The van der Waals surface area contributed by atoms with Crippen LogP contribution in [0, 0.1) is 23.7 Å².